The third-order valence-corrected chi connectivity index (χ3v) is 7.65. The maximum Gasteiger partial charge on any atom is 0.172 e. The highest BCUT2D eigenvalue weighted by molar-refractivity contribution is 6.11. The molecule has 0 N–H and O–H groups in total. The van der Waals surface area contributed by atoms with Gasteiger partial charge in [-0.1, -0.05) is 0 Å². The first kappa shape index (κ1) is 21.3. The normalized spacial score (nSPS) is 12.1. The van der Waals surface area contributed by atoms with Gasteiger partial charge in [-0.15, -0.1) is 0 Å². The van der Waals surface area contributed by atoms with Crippen LogP contribution in [0.5, 0.6) is 0 Å². The van der Waals surface area contributed by atoms with Gasteiger partial charge in [-0.2, -0.15) is 0 Å². The molecule has 9 aromatic rings. The molecule has 188 valence electrons. The molecule has 8 heteroatoms. The second-order valence-corrected chi connectivity index (χ2v) is 9.79. The summed E-state index contributed by atoms with van der Waals surface area (Å²) in [6.07, 6.45) is 10.8. The van der Waals surface area contributed by atoms with E-state index < -0.39 is 5.82 Å². The molecular formula is C32H17FN6O. The number of hydrogen-bond acceptors (Lipinski definition) is 5. The molecule has 2 aromatic carbocycles. The SMILES string of the molecule is Fc1cc(-n2c3ccc(-n4c5ccncc5c5cnccc54)cc3c3ncccc32)cc2c1oc1cccnc12. The number of hydrogen-bond donors (Lipinski definition) is 0. The number of pyridine rings is 4. The zero-order valence-corrected chi connectivity index (χ0v) is 20.8. The molecule has 0 amide bonds. The van der Waals surface area contributed by atoms with Crippen LogP contribution in [0.25, 0.3) is 77.2 Å². The van der Waals surface area contributed by atoms with E-state index in [4.69, 9.17) is 9.40 Å². The van der Waals surface area contributed by atoms with Gasteiger partial charge in [-0.3, -0.25) is 19.9 Å². The van der Waals surface area contributed by atoms with Crippen molar-refractivity contribution in [1.29, 1.82) is 0 Å². The van der Waals surface area contributed by atoms with Crippen molar-refractivity contribution < 1.29 is 8.81 Å². The van der Waals surface area contributed by atoms with E-state index in [1.807, 2.05) is 47.3 Å². The molecule has 0 fully saturated rings. The van der Waals surface area contributed by atoms with Crippen molar-refractivity contribution in [3.05, 3.63) is 110 Å². The molecule has 40 heavy (non-hydrogen) atoms. The number of rotatable bonds is 2. The Balaban J connectivity index is 1.35. The Kier molecular flexibility index (Phi) is 4.11. The van der Waals surface area contributed by atoms with Crippen LogP contribution in [0.3, 0.4) is 0 Å². The molecule has 0 aliphatic rings. The summed E-state index contributed by atoms with van der Waals surface area (Å²) in [6, 6.07) is 21.3. The van der Waals surface area contributed by atoms with Crippen molar-refractivity contribution in [3.8, 4) is 11.4 Å². The van der Waals surface area contributed by atoms with Crippen molar-refractivity contribution in [2.24, 2.45) is 0 Å². The minimum absolute atomic E-state index is 0.203. The average molecular weight is 521 g/mol. The number of furan rings is 1. The van der Waals surface area contributed by atoms with Crippen molar-refractivity contribution >= 4 is 65.8 Å². The largest absolute Gasteiger partial charge is 0.451 e. The van der Waals surface area contributed by atoms with Crippen LogP contribution in [0.1, 0.15) is 0 Å². The van der Waals surface area contributed by atoms with Crippen LogP contribution >= 0.6 is 0 Å². The molecule has 0 aliphatic heterocycles. The molecule has 7 aromatic heterocycles. The fourth-order valence-electron chi connectivity index (χ4n) is 6.00. The van der Waals surface area contributed by atoms with E-state index in [1.54, 1.807) is 36.9 Å². The number of fused-ring (bicyclic) bond motifs is 9. The monoisotopic (exact) mass is 520 g/mol. The van der Waals surface area contributed by atoms with Gasteiger partial charge in [0.2, 0.25) is 0 Å². The first-order valence-electron chi connectivity index (χ1n) is 12.8. The lowest BCUT2D eigenvalue weighted by molar-refractivity contribution is 0.583. The molecule has 0 spiro atoms. The standard InChI is InChI=1S/C32H17FN6O/c33-24-15-19(14-21-31-29(40-32(21)24)4-2-10-37-31)39-25-6-5-18(13-20(25)30-28(39)3-1-9-36-30)38-26-7-11-34-16-22(26)23-17-35-12-8-27(23)38/h1-17H. The maximum atomic E-state index is 15.5. The maximum absolute atomic E-state index is 15.5. The zero-order chi connectivity index (χ0) is 26.4. The van der Waals surface area contributed by atoms with Gasteiger partial charge < -0.3 is 13.6 Å². The number of halogens is 1. The van der Waals surface area contributed by atoms with E-state index in [9.17, 15) is 0 Å². The van der Waals surface area contributed by atoms with Crippen LogP contribution in [-0.2, 0) is 0 Å². The van der Waals surface area contributed by atoms with Gasteiger partial charge in [0.15, 0.2) is 17.0 Å². The van der Waals surface area contributed by atoms with Crippen LogP contribution < -0.4 is 0 Å². The number of benzene rings is 2. The number of aromatic nitrogens is 6. The van der Waals surface area contributed by atoms with Crippen LogP contribution in [0.2, 0.25) is 0 Å². The first-order valence-corrected chi connectivity index (χ1v) is 12.8. The Morgan fingerprint density at radius 3 is 2.05 bits per heavy atom. The van der Waals surface area contributed by atoms with Crippen molar-refractivity contribution in [1.82, 2.24) is 29.1 Å². The number of nitrogens with zero attached hydrogens (tertiary/aromatic N) is 6. The lowest BCUT2D eigenvalue weighted by atomic mass is 10.2. The quantitative estimate of drug-likeness (QED) is 0.236. The van der Waals surface area contributed by atoms with Gasteiger partial charge in [0.1, 0.15) is 5.52 Å². The smallest absolute Gasteiger partial charge is 0.172 e. The van der Waals surface area contributed by atoms with E-state index in [2.05, 4.69) is 37.7 Å². The molecule has 0 radical (unpaired) electrons. The second kappa shape index (κ2) is 7.70. The van der Waals surface area contributed by atoms with E-state index >= 15 is 4.39 Å². The van der Waals surface area contributed by atoms with E-state index in [0.717, 1.165) is 49.4 Å². The van der Waals surface area contributed by atoms with Crippen LogP contribution in [0, 0.1) is 5.82 Å². The molecule has 0 atom stereocenters. The van der Waals surface area contributed by atoms with Gasteiger partial charge in [-0.05, 0) is 60.7 Å². The Hall–Kier alpha value is -5.63. The van der Waals surface area contributed by atoms with Crippen LogP contribution in [-0.4, -0.2) is 29.1 Å². The fraction of sp³-hybridized carbons (Fsp3) is 0. The Morgan fingerprint density at radius 1 is 0.575 bits per heavy atom. The Labute approximate surface area is 224 Å². The summed E-state index contributed by atoms with van der Waals surface area (Å²) in [6.45, 7) is 0. The van der Waals surface area contributed by atoms with E-state index in [1.165, 1.54) is 6.07 Å². The molecule has 7 heterocycles. The molecule has 0 unspecified atom stereocenters. The summed E-state index contributed by atoms with van der Waals surface area (Å²) in [5, 5.41) is 3.67. The van der Waals surface area contributed by atoms with E-state index in [0.29, 0.717) is 22.2 Å². The van der Waals surface area contributed by atoms with Gasteiger partial charge in [0.25, 0.3) is 0 Å². The highest BCUT2D eigenvalue weighted by Crippen LogP contribution is 2.37. The molecule has 0 bridgehead atoms. The summed E-state index contributed by atoms with van der Waals surface area (Å²) in [5.74, 6) is -0.437. The zero-order valence-electron chi connectivity index (χ0n) is 20.8. The fourth-order valence-corrected chi connectivity index (χ4v) is 6.00. The molecule has 7 nitrogen and oxygen atoms in total. The first-order chi connectivity index (χ1) is 19.8. The van der Waals surface area contributed by atoms with Gasteiger partial charge in [0, 0.05) is 65.1 Å². The lowest BCUT2D eigenvalue weighted by Gasteiger charge is -2.10. The Bertz CT molecular complexity index is 2420. The predicted molar refractivity (Wildman–Crippen MR) is 154 cm³/mol. The molecule has 0 saturated carbocycles. The topological polar surface area (TPSA) is 74.6 Å². The van der Waals surface area contributed by atoms with Crippen molar-refractivity contribution in [3.63, 3.8) is 0 Å². The van der Waals surface area contributed by atoms with Crippen molar-refractivity contribution in [2.75, 3.05) is 0 Å². The third kappa shape index (κ3) is 2.76. The van der Waals surface area contributed by atoms with Gasteiger partial charge in [-0.25, -0.2) is 4.39 Å². The minimum Gasteiger partial charge on any atom is -0.451 e. The van der Waals surface area contributed by atoms with Crippen LogP contribution in [0.4, 0.5) is 4.39 Å². The van der Waals surface area contributed by atoms with E-state index in [-0.39, 0.29) is 5.58 Å². The molecule has 9 rings (SSSR count). The summed E-state index contributed by atoms with van der Waals surface area (Å²) in [7, 11) is 0. The summed E-state index contributed by atoms with van der Waals surface area (Å²) in [4.78, 5) is 17.9. The third-order valence-electron chi connectivity index (χ3n) is 7.65. The second-order valence-electron chi connectivity index (χ2n) is 9.79. The van der Waals surface area contributed by atoms with Crippen molar-refractivity contribution in [2.45, 2.75) is 0 Å². The molecule has 0 aliphatic carbocycles. The highest BCUT2D eigenvalue weighted by atomic mass is 19.1. The van der Waals surface area contributed by atoms with Gasteiger partial charge in [0.05, 0.1) is 38.7 Å². The molecular weight excluding hydrogens is 503 g/mol. The lowest BCUT2D eigenvalue weighted by Crippen LogP contribution is -1.96. The summed E-state index contributed by atoms with van der Waals surface area (Å²) in [5.41, 5.74) is 7.77. The van der Waals surface area contributed by atoms with Gasteiger partial charge >= 0.3 is 0 Å². The summed E-state index contributed by atoms with van der Waals surface area (Å²) >= 11 is 0. The Morgan fingerprint density at radius 2 is 1.25 bits per heavy atom. The predicted octanol–water partition coefficient (Wildman–Crippen LogP) is 7.50. The van der Waals surface area contributed by atoms with Crippen LogP contribution in [0.15, 0.2) is 108 Å². The average Bonchev–Trinajstić information content (AvgIpc) is 3.65. The highest BCUT2D eigenvalue weighted by Gasteiger charge is 2.20. The minimum atomic E-state index is -0.437. The summed E-state index contributed by atoms with van der Waals surface area (Å²) < 4.78 is 25.5. The molecule has 0 saturated heterocycles.